The highest BCUT2D eigenvalue weighted by molar-refractivity contribution is 7.89. The number of nitrogens with zero attached hydrogens (tertiary/aromatic N) is 1. The number of carboxylic acid groups (broad SMARTS) is 1. The number of rotatable bonds is 10. The zero-order valence-corrected chi connectivity index (χ0v) is 16.1. The molecule has 1 aliphatic heterocycles. The number of benzene rings is 1. The molecule has 9 nitrogen and oxygen atoms in total. The summed E-state index contributed by atoms with van der Waals surface area (Å²) in [5, 5.41) is 18.6. The summed E-state index contributed by atoms with van der Waals surface area (Å²) in [5.41, 5.74) is 1.11. The molecule has 1 heterocycles. The zero-order valence-electron chi connectivity index (χ0n) is 15.3. The number of nitrogens with two attached hydrogens (primary N) is 1. The van der Waals surface area contributed by atoms with Gasteiger partial charge in [0, 0.05) is 26.2 Å². The third-order valence-electron chi connectivity index (χ3n) is 4.14. The van der Waals surface area contributed by atoms with Crippen molar-refractivity contribution in [1.29, 1.82) is 0 Å². The minimum Gasteiger partial charge on any atom is -0.480 e. The fourth-order valence-electron chi connectivity index (χ4n) is 2.78. The maximum atomic E-state index is 12.4. The van der Waals surface area contributed by atoms with Crippen LogP contribution >= 0.6 is 0 Å². The van der Waals surface area contributed by atoms with Crippen molar-refractivity contribution in [1.82, 2.24) is 9.62 Å². The molecule has 0 amide bonds. The first-order valence-corrected chi connectivity index (χ1v) is 10.4. The maximum absolute atomic E-state index is 12.4. The Kier molecular flexibility index (Phi) is 11.1. The summed E-state index contributed by atoms with van der Waals surface area (Å²) in [6.45, 7) is 1.98. The number of hydrogen-bond donors (Lipinski definition) is 4. The molecular weight excluding hydrogens is 374 g/mol. The van der Waals surface area contributed by atoms with Crippen molar-refractivity contribution in [2.24, 2.45) is 5.90 Å². The summed E-state index contributed by atoms with van der Waals surface area (Å²) in [6, 6.07) is 8.87. The van der Waals surface area contributed by atoms with Crippen molar-refractivity contribution in [2.75, 3.05) is 32.0 Å². The molecule has 0 saturated carbocycles. The summed E-state index contributed by atoms with van der Waals surface area (Å²) in [5.74, 6) is 2.38. The summed E-state index contributed by atoms with van der Waals surface area (Å²) in [7, 11) is -3.54. The van der Waals surface area contributed by atoms with Crippen LogP contribution < -0.4 is 11.2 Å². The van der Waals surface area contributed by atoms with E-state index in [0.717, 1.165) is 22.7 Å². The molecule has 1 aromatic rings. The Balaban J connectivity index is 0.00000176. The van der Waals surface area contributed by atoms with E-state index >= 15 is 0 Å². The summed E-state index contributed by atoms with van der Waals surface area (Å²) in [4.78, 5) is 11.2. The van der Waals surface area contributed by atoms with Gasteiger partial charge in [0.05, 0.1) is 12.4 Å². The van der Waals surface area contributed by atoms with Crippen LogP contribution in [-0.4, -0.2) is 67.0 Å². The van der Waals surface area contributed by atoms with Crippen LogP contribution in [0.15, 0.2) is 30.3 Å². The van der Waals surface area contributed by atoms with Crippen LogP contribution in [0.5, 0.6) is 0 Å². The molecule has 27 heavy (non-hydrogen) atoms. The Labute approximate surface area is 160 Å². The second-order valence-electron chi connectivity index (χ2n) is 6.08. The lowest BCUT2D eigenvalue weighted by molar-refractivity contribution is -0.141. The summed E-state index contributed by atoms with van der Waals surface area (Å²) >= 11 is 0. The van der Waals surface area contributed by atoms with Gasteiger partial charge in [0.2, 0.25) is 10.0 Å². The van der Waals surface area contributed by atoms with Gasteiger partial charge >= 0.3 is 5.97 Å². The second kappa shape index (κ2) is 12.8. The normalized spacial score (nSPS) is 17.8. The first-order valence-electron chi connectivity index (χ1n) is 8.81. The van der Waals surface area contributed by atoms with Crippen LogP contribution in [0.25, 0.3) is 0 Å². The monoisotopic (exact) mass is 403 g/mol. The van der Waals surface area contributed by atoms with E-state index in [2.05, 4.69) is 11.2 Å². The van der Waals surface area contributed by atoms with E-state index in [-0.39, 0.29) is 18.8 Å². The average molecular weight is 404 g/mol. The van der Waals surface area contributed by atoms with Crippen LogP contribution in [0.2, 0.25) is 0 Å². The van der Waals surface area contributed by atoms with Gasteiger partial charge in [-0.05, 0) is 18.4 Å². The highest BCUT2D eigenvalue weighted by Gasteiger charge is 2.36. The van der Waals surface area contributed by atoms with E-state index in [1.54, 1.807) is 0 Å². The van der Waals surface area contributed by atoms with Gasteiger partial charge < -0.3 is 20.4 Å². The minimum atomic E-state index is -3.54. The van der Waals surface area contributed by atoms with Gasteiger partial charge in [0.25, 0.3) is 0 Å². The van der Waals surface area contributed by atoms with Gasteiger partial charge in [0.15, 0.2) is 0 Å². The van der Waals surface area contributed by atoms with E-state index in [1.807, 2.05) is 30.3 Å². The number of carbonyl (C=O) groups is 1. The molecule has 10 heteroatoms. The van der Waals surface area contributed by atoms with Crippen molar-refractivity contribution < 1.29 is 28.3 Å². The third-order valence-corrected chi connectivity index (χ3v) is 6.10. The highest BCUT2D eigenvalue weighted by atomic mass is 32.2. The van der Waals surface area contributed by atoms with E-state index in [1.165, 1.54) is 0 Å². The first-order chi connectivity index (χ1) is 13.0. The lowest BCUT2D eigenvalue weighted by Crippen LogP contribution is -2.57. The van der Waals surface area contributed by atoms with E-state index < -0.39 is 22.0 Å². The first kappa shape index (κ1) is 23.5. The number of nitrogens with one attached hydrogen (secondary N) is 1. The number of ether oxygens (including phenoxy) is 1. The predicted octanol–water partition coefficient (Wildman–Crippen LogP) is 0.396. The Bertz CT molecular complexity index is 641. The maximum Gasteiger partial charge on any atom is 0.323 e. The van der Waals surface area contributed by atoms with E-state index in [9.17, 15) is 18.3 Å². The number of piperazine rings is 1. The Morgan fingerprint density at radius 2 is 1.93 bits per heavy atom. The van der Waals surface area contributed by atoms with E-state index in [0.29, 0.717) is 26.2 Å². The lowest BCUT2D eigenvalue weighted by Gasteiger charge is -2.32. The molecule has 5 N–H and O–H groups in total. The third kappa shape index (κ3) is 8.33. The molecule has 1 unspecified atom stereocenters. The lowest BCUT2D eigenvalue weighted by atomic mass is 10.2. The highest BCUT2D eigenvalue weighted by Crippen LogP contribution is 2.13. The number of hydrogen-bond acceptors (Lipinski definition) is 7. The fraction of sp³-hybridized carbons (Fsp3) is 0.588. The molecule has 0 spiro atoms. The molecule has 1 saturated heterocycles. The van der Waals surface area contributed by atoms with Crippen LogP contribution in [-0.2, 0) is 26.2 Å². The molecule has 154 valence electrons. The van der Waals surface area contributed by atoms with Crippen molar-refractivity contribution in [3.8, 4) is 0 Å². The average Bonchev–Trinajstić information content (AvgIpc) is 2.69. The van der Waals surface area contributed by atoms with Crippen LogP contribution in [0, 0.1) is 0 Å². The van der Waals surface area contributed by atoms with Gasteiger partial charge in [-0.1, -0.05) is 36.8 Å². The Hall–Kier alpha value is -1.56. The van der Waals surface area contributed by atoms with Gasteiger partial charge in [-0.2, -0.15) is 4.31 Å². The standard InChI is InChI=1S/C17H26N2O5S.H3NO/c20-17(21)16-13-18-9-10-19(16)25(22,23)12-6-2-5-11-24-14-15-7-3-1-4-8-15;1-2/h1,3-4,7-8,16,18H,2,5-6,9-14H2,(H,20,21);2H,1H2. The van der Waals surface area contributed by atoms with Gasteiger partial charge in [0.1, 0.15) is 6.04 Å². The van der Waals surface area contributed by atoms with Crippen molar-refractivity contribution in [2.45, 2.75) is 31.9 Å². The Morgan fingerprint density at radius 3 is 2.59 bits per heavy atom. The molecule has 0 radical (unpaired) electrons. The quantitative estimate of drug-likeness (QED) is 0.325. The summed E-state index contributed by atoms with van der Waals surface area (Å²) < 4.78 is 31.4. The molecular formula is C17H29N3O6S. The van der Waals surface area contributed by atoms with Crippen LogP contribution in [0.4, 0.5) is 0 Å². The van der Waals surface area contributed by atoms with Gasteiger partial charge in [-0.3, -0.25) is 4.79 Å². The minimum absolute atomic E-state index is 0.0184. The van der Waals surface area contributed by atoms with Crippen molar-refractivity contribution in [3.63, 3.8) is 0 Å². The van der Waals surface area contributed by atoms with Crippen LogP contribution in [0.1, 0.15) is 24.8 Å². The van der Waals surface area contributed by atoms with Crippen molar-refractivity contribution in [3.05, 3.63) is 35.9 Å². The molecule has 1 fully saturated rings. The van der Waals surface area contributed by atoms with Gasteiger partial charge in [-0.25, -0.2) is 14.3 Å². The number of aliphatic carboxylic acids is 1. The topological polar surface area (TPSA) is 142 Å². The number of unbranched alkanes of at least 4 members (excludes halogenated alkanes) is 2. The SMILES string of the molecule is NO.O=C(O)C1CNCCN1S(=O)(=O)CCCCCOCc1ccccc1. The smallest absolute Gasteiger partial charge is 0.323 e. The molecule has 0 aromatic heterocycles. The fourth-order valence-corrected chi connectivity index (χ4v) is 4.50. The zero-order chi connectivity index (χ0) is 20.1. The number of sulfonamides is 1. The van der Waals surface area contributed by atoms with E-state index in [4.69, 9.17) is 9.94 Å². The Morgan fingerprint density at radius 1 is 1.22 bits per heavy atom. The molecule has 0 aliphatic carbocycles. The van der Waals surface area contributed by atoms with Gasteiger partial charge in [-0.15, -0.1) is 0 Å². The molecule has 1 atom stereocenters. The van der Waals surface area contributed by atoms with Crippen LogP contribution in [0.3, 0.4) is 0 Å². The number of carboxylic acids is 1. The molecule has 0 bridgehead atoms. The van der Waals surface area contributed by atoms with Crippen molar-refractivity contribution >= 4 is 16.0 Å². The molecule has 2 rings (SSSR count). The molecule has 1 aliphatic rings. The predicted molar refractivity (Wildman–Crippen MR) is 101 cm³/mol. The second-order valence-corrected chi connectivity index (χ2v) is 8.12. The molecule has 1 aromatic carbocycles. The summed E-state index contributed by atoms with van der Waals surface area (Å²) in [6.07, 6.45) is 2.03. The largest absolute Gasteiger partial charge is 0.480 e.